The lowest BCUT2D eigenvalue weighted by Crippen LogP contribution is -2.69. The lowest BCUT2D eigenvalue weighted by Gasteiger charge is -2.62. The molecule has 3 aliphatic rings. The van der Waals surface area contributed by atoms with Crippen molar-refractivity contribution in [1.29, 1.82) is 0 Å². The van der Waals surface area contributed by atoms with Crippen molar-refractivity contribution < 1.29 is 19.4 Å². The maximum atomic E-state index is 13.1. The van der Waals surface area contributed by atoms with E-state index in [0.29, 0.717) is 6.42 Å². The van der Waals surface area contributed by atoms with Crippen LogP contribution in [0, 0.1) is 16.7 Å². The molecule has 1 heterocycles. The zero-order valence-corrected chi connectivity index (χ0v) is 19.2. The number of hydrogen-bond acceptors (Lipinski definition) is 4. The minimum Gasteiger partial charge on any atom is -0.391 e. The van der Waals surface area contributed by atoms with Crippen molar-refractivity contribution in [3.63, 3.8) is 0 Å². The van der Waals surface area contributed by atoms with Gasteiger partial charge in [0.05, 0.1) is 17.8 Å². The minimum atomic E-state index is -0.641. The summed E-state index contributed by atoms with van der Waals surface area (Å²) in [5, 5.41) is 13.4. The normalized spacial score (nSPS) is 32.5. The number of hydrogen-bond donors (Lipinski definition) is 2. The lowest BCUT2D eigenvalue weighted by atomic mass is 9.51. The van der Waals surface area contributed by atoms with Crippen LogP contribution in [0.5, 0.6) is 0 Å². The first-order valence-corrected chi connectivity index (χ1v) is 11.2. The smallest absolute Gasteiger partial charge is 0.243 e. The average Bonchev–Trinajstić information content (AvgIpc) is 2.90. The molecule has 0 aromatic rings. The van der Waals surface area contributed by atoms with E-state index in [1.54, 1.807) is 4.90 Å². The Morgan fingerprint density at radius 2 is 1.76 bits per heavy atom. The summed E-state index contributed by atoms with van der Waals surface area (Å²) in [6.07, 6.45) is 4.02. The van der Waals surface area contributed by atoms with E-state index in [1.807, 2.05) is 27.7 Å². The summed E-state index contributed by atoms with van der Waals surface area (Å²) in [6.45, 7) is 14.5. The van der Waals surface area contributed by atoms with Gasteiger partial charge in [0.25, 0.3) is 0 Å². The highest BCUT2D eigenvalue weighted by Crippen LogP contribution is 2.58. The standard InChI is InChI=1S/C23H40N2O4/c1-14(21(2,3)4)20(28)25-13-15(26)11-16(25)19(27)24-17-12-18(29-22(5,6)7)23(17)9-8-10-23/h14-18,26H,8-13H2,1-7H3,(H,24,27). The van der Waals surface area contributed by atoms with Crippen molar-refractivity contribution in [1.82, 2.24) is 10.2 Å². The fourth-order valence-corrected chi connectivity index (χ4v) is 4.99. The molecule has 166 valence electrons. The Kier molecular flexibility index (Phi) is 5.85. The Morgan fingerprint density at radius 1 is 1.14 bits per heavy atom. The number of likely N-dealkylation sites (tertiary alicyclic amines) is 1. The van der Waals surface area contributed by atoms with Crippen molar-refractivity contribution in [2.75, 3.05) is 6.54 Å². The van der Waals surface area contributed by atoms with Gasteiger partial charge in [-0.25, -0.2) is 0 Å². The Bertz CT molecular complexity index is 644. The van der Waals surface area contributed by atoms with Crippen LogP contribution in [0.15, 0.2) is 0 Å². The number of nitrogens with one attached hydrogen (secondary N) is 1. The Hall–Kier alpha value is -1.14. The molecule has 5 unspecified atom stereocenters. The third kappa shape index (κ3) is 4.34. The summed E-state index contributed by atoms with van der Waals surface area (Å²) in [6, 6.07) is -0.479. The summed E-state index contributed by atoms with van der Waals surface area (Å²) in [7, 11) is 0. The molecule has 5 atom stereocenters. The number of rotatable bonds is 4. The highest BCUT2D eigenvalue weighted by atomic mass is 16.5. The maximum absolute atomic E-state index is 13.1. The van der Waals surface area contributed by atoms with Crippen molar-refractivity contribution in [2.45, 2.75) is 110 Å². The van der Waals surface area contributed by atoms with E-state index in [2.05, 4.69) is 26.1 Å². The zero-order chi connectivity index (χ0) is 21.8. The van der Waals surface area contributed by atoms with E-state index in [0.717, 1.165) is 19.3 Å². The van der Waals surface area contributed by atoms with E-state index in [-0.39, 0.29) is 52.9 Å². The van der Waals surface area contributed by atoms with Crippen molar-refractivity contribution in [2.24, 2.45) is 16.7 Å². The second-order valence-corrected chi connectivity index (χ2v) is 11.6. The average molecular weight is 409 g/mol. The van der Waals surface area contributed by atoms with Gasteiger partial charge in [-0.2, -0.15) is 0 Å². The second kappa shape index (κ2) is 7.52. The molecule has 1 aliphatic heterocycles. The predicted octanol–water partition coefficient (Wildman–Crippen LogP) is 2.87. The van der Waals surface area contributed by atoms with E-state index in [1.165, 1.54) is 6.42 Å². The molecular formula is C23H40N2O4. The molecule has 2 N–H and O–H groups in total. The SMILES string of the molecule is CC(C(=O)N1CC(O)CC1C(=O)NC1CC(OC(C)(C)C)C12CCC2)C(C)(C)C. The van der Waals surface area contributed by atoms with Gasteiger partial charge in [-0.3, -0.25) is 9.59 Å². The molecule has 3 rings (SSSR count). The number of nitrogens with zero attached hydrogens (tertiary/aromatic N) is 1. The monoisotopic (exact) mass is 408 g/mol. The van der Waals surface area contributed by atoms with Crippen LogP contribution in [-0.4, -0.2) is 58.3 Å². The fourth-order valence-electron chi connectivity index (χ4n) is 4.99. The van der Waals surface area contributed by atoms with Gasteiger partial charge in [0.15, 0.2) is 0 Å². The number of carbonyl (C=O) groups excluding carboxylic acids is 2. The van der Waals surface area contributed by atoms with Crippen LogP contribution in [0.25, 0.3) is 0 Å². The minimum absolute atomic E-state index is 0.0462. The van der Waals surface area contributed by atoms with Gasteiger partial charge in [0.1, 0.15) is 6.04 Å². The van der Waals surface area contributed by atoms with Gasteiger partial charge in [-0.1, -0.05) is 34.1 Å². The van der Waals surface area contributed by atoms with Gasteiger partial charge in [-0.15, -0.1) is 0 Å². The molecule has 1 spiro atoms. The Morgan fingerprint density at radius 3 is 2.24 bits per heavy atom. The van der Waals surface area contributed by atoms with Crippen molar-refractivity contribution >= 4 is 11.8 Å². The molecule has 0 aromatic carbocycles. The quantitative estimate of drug-likeness (QED) is 0.750. The van der Waals surface area contributed by atoms with E-state index >= 15 is 0 Å². The van der Waals surface area contributed by atoms with Crippen LogP contribution in [0.2, 0.25) is 0 Å². The Labute approximate surface area is 175 Å². The molecule has 2 saturated carbocycles. The number of aliphatic hydroxyl groups excluding tert-OH is 1. The molecule has 6 heteroatoms. The lowest BCUT2D eigenvalue weighted by molar-refractivity contribution is -0.215. The van der Waals surface area contributed by atoms with Crippen LogP contribution >= 0.6 is 0 Å². The van der Waals surface area contributed by atoms with Crippen LogP contribution in [-0.2, 0) is 14.3 Å². The molecule has 0 aromatic heterocycles. The molecule has 29 heavy (non-hydrogen) atoms. The van der Waals surface area contributed by atoms with Crippen LogP contribution in [0.4, 0.5) is 0 Å². The number of amides is 2. The van der Waals surface area contributed by atoms with Crippen LogP contribution < -0.4 is 5.32 Å². The number of ether oxygens (including phenoxy) is 1. The van der Waals surface area contributed by atoms with Gasteiger partial charge >= 0.3 is 0 Å². The van der Waals surface area contributed by atoms with E-state index < -0.39 is 12.1 Å². The largest absolute Gasteiger partial charge is 0.391 e. The van der Waals surface area contributed by atoms with Gasteiger partial charge in [-0.05, 0) is 45.4 Å². The van der Waals surface area contributed by atoms with Crippen LogP contribution in [0.1, 0.15) is 80.6 Å². The Balaban J connectivity index is 1.66. The summed E-state index contributed by atoms with van der Waals surface area (Å²) in [4.78, 5) is 27.8. The first kappa shape index (κ1) is 22.5. The number of carbonyl (C=O) groups is 2. The summed E-state index contributed by atoms with van der Waals surface area (Å²) < 4.78 is 6.26. The topological polar surface area (TPSA) is 78.9 Å². The molecule has 0 bridgehead atoms. The third-order valence-electron chi connectivity index (χ3n) is 7.42. The summed E-state index contributed by atoms with van der Waals surface area (Å²) in [5.41, 5.74) is -0.328. The fraction of sp³-hybridized carbons (Fsp3) is 0.913. The van der Waals surface area contributed by atoms with Gasteiger partial charge in [0, 0.05) is 30.3 Å². The van der Waals surface area contributed by atoms with Crippen LogP contribution in [0.3, 0.4) is 0 Å². The van der Waals surface area contributed by atoms with E-state index in [9.17, 15) is 14.7 Å². The number of aliphatic hydroxyl groups is 1. The molecular weight excluding hydrogens is 368 g/mol. The molecule has 2 aliphatic carbocycles. The van der Waals surface area contributed by atoms with E-state index in [4.69, 9.17) is 4.74 Å². The summed E-state index contributed by atoms with van der Waals surface area (Å²) >= 11 is 0. The molecule has 1 saturated heterocycles. The first-order valence-electron chi connectivity index (χ1n) is 11.2. The predicted molar refractivity (Wildman–Crippen MR) is 112 cm³/mol. The van der Waals surface area contributed by atoms with Crippen molar-refractivity contribution in [3.8, 4) is 0 Å². The molecule has 3 fully saturated rings. The highest BCUT2D eigenvalue weighted by molar-refractivity contribution is 5.89. The molecule has 6 nitrogen and oxygen atoms in total. The van der Waals surface area contributed by atoms with Crippen molar-refractivity contribution in [3.05, 3.63) is 0 Å². The zero-order valence-electron chi connectivity index (χ0n) is 19.2. The number of β-amino-alcohol motifs (C(OH)–C–C–N with tert-alkyl or cyclic N) is 1. The highest BCUT2D eigenvalue weighted by Gasteiger charge is 2.60. The second-order valence-electron chi connectivity index (χ2n) is 11.6. The molecule has 0 radical (unpaired) electrons. The van der Waals surface area contributed by atoms with Gasteiger partial charge < -0.3 is 20.1 Å². The maximum Gasteiger partial charge on any atom is 0.243 e. The third-order valence-corrected chi connectivity index (χ3v) is 7.42. The summed E-state index contributed by atoms with van der Waals surface area (Å²) in [5.74, 6) is -0.383. The first-order chi connectivity index (χ1) is 13.2. The molecule has 2 amide bonds. The van der Waals surface area contributed by atoms with Gasteiger partial charge in [0.2, 0.25) is 11.8 Å².